The second kappa shape index (κ2) is 10.4. The lowest BCUT2D eigenvalue weighted by Gasteiger charge is -2.46. The Morgan fingerprint density at radius 3 is 2.57 bits per heavy atom. The van der Waals surface area contributed by atoms with Crippen molar-refractivity contribution in [2.75, 3.05) is 16.8 Å². The van der Waals surface area contributed by atoms with Crippen LogP contribution in [0.3, 0.4) is 0 Å². The molecule has 11 heteroatoms. The highest BCUT2D eigenvalue weighted by Gasteiger charge is 2.43. The van der Waals surface area contributed by atoms with Crippen molar-refractivity contribution in [1.82, 2.24) is 10.6 Å². The highest BCUT2D eigenvalue weighted by molar-refractivity contribution is 8.00. The van der Waals surface area contributed by atoms with Crippen LogP contribution < -0.4 is 20.9 Å². The molecule has 1 aliphatic heterocycles. The second-order valence-corrected chi connectivity index (χ2v) is 9.78. The molecule has 3 N–H and O–H groups in total. The number of hydrogen-bond acceptors (Lipinski definition) is 4. The van der Waals surface area contributed by atoms with Crippen LogP contribution in [-0.2, 0) is 4.79 Å². The fourth-order valence-electron chi connectivity index (χ4n) is 4.68. The summed E-state index contributed by atoms with van der Waals surface area (Å²) in [6, 6.07) is 9.30. The molecule has 0 aromatic heterocycles. The molecule has 0 bridgehead atoms. The fraction of sp³-hybridized carbons (Fsp3) is 0.417. The van der Waals surface area contributed by atoms with Gasteiger partial charge in [0.25, 0.3) is 0 Å². The van der Waals surface area contributed by atoms with Crippen molar-refractivity contribution in [2.45, 2.75) is 55.2 Å². The van der Waals surface area contributed by atoms with Crippen molar-refractivity contribution in [1.29, 1.82) is 0 Å². The molecule has 2 aliphatic rings. The summed E-state index contributed by atoms with van der Waals surface area (Å²) in [4.78, 5) is 27.5. The molecule has 3 amide bonds. The number of nitrogens with one attached hydrogen (secondary N) is 3. The summed E-state index contributed by atoms with van der Waals surface area (Å²) in [6.45, 7) is 1.55. The summed E-state index contributed by atoms with van der Waals surface area (Å²) >= 11 is -0.238. The molecule has 0 radical (unpaired) electrons. The molecule has 0 spiro atoms. The van der Waals surface area contributed by atoms with Gasteiger partial charge in [-0.05, 0) is 73.5 Å². The van der Waals surface area contributed by atoms with Crippen molar-refractivity contribution >= 4 is 35.1 Å². The molecule has 4 rings (SSSR count). The predicted octanol–water partition coefficient (Wildman–Crippen LogP) is 5.39. The lowest BCUT2D eigenvalue weighted by atomic mass is 9.81. The Morgan fingerprint density at radius 1 is 1.14 bits per heavy atom. The van der Waals surface area contributed by atoms with Crippen LogP contribution >= 0.6 is 11.8 Å². The van der Waals surface area contributed by atoms with Gasteiger partial charge < -0.3 is 10.6 Å². The maximum absolute atomic E-state index is 13.5. The third kappa shape index (κ3) is 6.07. The average molecular weight is 511 g/mol. The van der Waals surface area contributed by atoms with Crippen molar-refractivity contribution < 1.29 is 27.2 Å². The highest BCUT2D eigenvalue weighted by atomic mass is 32.2. The SMILES string of the molecule is Cc1c(NC(=O)NCC2NC3CCCCC3C(=O)N2c2ccc(F)cc2)cccc1SC(F)(F)F. The number of fused-ring (bicyclic) bond motifs is 1. The summed E-state index contributed by atoms with van der Waals surface area (Å²) in [5.74, 6) is -0.674. The van der Waals surface area contributed by atoms with Crippen LogP contribution in [0.1, 0.15) is 31.2 Å². The quantitative estimate of drug-likeness (QED) is 0.373. The van der Waals surface area contributed by atoms with Crippen LogP contribution in [0.4, 0.5) is 33.7 Å². The zero-order valence-corrected chi connectivity index (χ0v) is 19.8. The molecule has 1 saturated heterocycles. The predicted molar refractivity (Wildman–Crippen MR) is 127 cm³/mol. The van der Waals surface area contributed by atoms with Gasteiger partial charge in [0.05, 0.1) is 12.5 Å². The standard InChI is InChI=1S/C24H26F4N4O2S/c1-14-18(7-4-8-20(14)35-24(26,27)28)31-23(34)29-13-21-30-19-6-3-2-5-17(19)22(33)32(21)16-11-9-15(25)10-12-16/h4,7-12,17,19,21,30H,2-3,5-6,13H2,1H3,(H2,29,31,34). The zero-order valence-electron chi connectivity index (χ0n) is 19.0. The van der Waals surface area contributed by atoms with Crippen molar-refractivity contribution in [3.05, 3.63) is 53.8 Å². The monoisotopic (exact) mass is 510 g/mol. The first-order valence-electron chi connectivity index (χ1n) is 11.4. The number of benzene rings is 2. The largest absolute Gasteiger partial charge is 0.446 e. The Hall–Kier alpha value is -2.79. The number of thioether (sulfide) groups is 1. The van der Waals surface area contributed by atoms with Gasteiger partial charge >= 0.3 is 11.5 Å². The van der Waals surface area contributed by atoms with Gasteiger partial charge in [-0.25, -0.2) is 9.18 Å². The van der Waals surface area contributed by atoms with Crippen LogP contribution in [0.15, 0.2) is 47.4 Å². The van der Waals surface area contributed by atoms with E-state index in [0.29, 0.717) is 11.3 Å². The van der Waals surface area contributed by atoms with Crippen LogP contribution in [0.5, 0.6) is 0 Å². The van der Waals surface area contributed by atoms with Crippen molar-refractivity contribution in [2.24, 2.45) is 5.92 Å². The summed E-state index contributed by atoms with van der Waals surface area (Å²) in [5, 5.41) is 8.76. The Labute approximate surface area is 204 Å². The highest BCUT2D eigenvalue weighted by Crippen LogP contribution is 2.40. The van der Waals surface area contributed by atoms with Crippen molar-refractivity contribution in [3.63, 3.8) is 0 Å². The molecule has 1 heterocycles. The van der Waals surface area contributed by atoms with E-state index in [1.165, 1.54) is 49.4 Å². The average Bonchev–Trinajstić information content (AvgIpc) is 2.80. The van der Waals surface area contributed by atoms with Gasteiger partial charge in [-0.1, -0.05) is 18.9 Å². The van der Waals surface area contributed by atoms with Gasteiger partial charge in [0.15, 0.2) is 0 Å². The van der Waals surface area contributed by atoms with E-state index < -0.39 is 23.5 Å². The first-order chi connectivity index (χ1) is 16.6. The molecule has 35 heavy (non-hydrogen) atoms. The van der Waals surface area contributed by atoms with E-state index in [2.05, 4.69) is 16.0 Å². The number of anilines is 2. The molecular formula is C24H26F4N4O2S. The Balaban J connectivity index is 1.47. The van der Waals surface area contributed by atoms with Gasteiger partial charge in [0, 0.05) is 22.3 Å². The van der Waals surface area contributed by atoms with Crippen molar-refractivity contribution in [3.8, 4) is 0 Å². The molecule has 3 unspecified atom stereocenters. The minimum atomic E-state index is -4.44. The lowest BCUT2D eigenvalue weighted by Crippen LogP contribution is -2.66. The molecule has 1 aliphatic carbocycles. The Kier molecular flexibility index (Phi) is 7.56. The molecule has 1 saturated carbocycles. The van der Waals surface area contributed by atoms with Gasteiger partial charge in [-0.3, -0.25) is 15.0 Å². The number of hydrogen-bond donors (Lipinski definition) is 3. The van der Waals surface area contributed by atoms with E-state index in [1.807, 2.05) is 0 Å². The van der Waals surface area contributed by atoms with E-state index >= 15 is 0 Å². The lowest BCUT2D eigenvalue weighted by molar-refractivity contribution is -0.127. The molecule has 188 valence electrons. The normalized spacial score (nSPS) is 22.5. The fourth-order valence-corrected chi connectivity index (χ4v) is 5.34. The number of carbonyl (C=O) groups excluding carboxylic acids is 2. The molecule has 2 aromatic rings. The molecule has 2 aromatic carbocycles. The number of halogens is 4. The first kappa shape index (κ1) is 25.3. The van der Waals surface area contributed by atoms with Gasteiger partial charge in [-0.15, -0.1) is 0 Å². The van der Waals surface area contributed by atoms with E-state index in [-0.39, 0.29) is 46.8 Å². The smallest absolute Gasteiger partial charge is 0.334 e. The van der Waals surface area contributed by atoms with E-state index in [9.17, 15) is 27.2 Å². The van der Waals surface area contributed by atoms with Gasteiger partial charge in [0.1, 0.15) is 12.0 Å². The Bertz CT molecular complexity index is 1080. The summed E-state index contributed by atoms with van der Waals surface area (Å²) < 4.78 is 51.9. The summed E-state index contributed by atoms with van der Waals surface area (Å²) in [6.07, 6.45) is 3.01. The minimum absolute atomic E-state index is 0.000620. The van der Waals surface area contributed by atoms with E-state index in [1.54, 1.807) is 4.90 Å². The first-order valence-corrected chi connectivity index (χ1v) is 12.2. The number of alkyl halides is 3. The van der Waals surface area contributed by atoms with Crippen LogP contribution in [0.2, 0.25) is 0 Å². The minimum Gasteiger partial charge on any atom is -0.334 e. The molecular weight excluding hydrogens is 484 g/mol. The maximum Gasteiger partial charge on any atom is 0.446 e. The number of carbonyl (C=O) groups is 2. The number of urea groups is 1. The number of amides is 3. The van der Waals surface area contributed by atoms with Crippen LogP contribution in [0.25, 0.3) is 0 Å². The Morgan fingerprint density at radius 2 is 1.86 bits per heavy atom. The summed E-state index contributed by atoms with van der Waals surface area (Å²) in [7, 11) is 0. The third-order valence-electron chi connectivity index (χ3n) is 6.36. The topological polar surface area (TPSA) is 73.5 Å². The third-order valence-corrected chi connectivity index (χ3v) is 7.25. The van der Waals surface area contributed by atoms with Gasteiger partial charge in [-0.2, -0.15) is 13.2 Å². The molecule has 2 fully saturated rings. The number of nitrogens with zero attached hydrogens (tertiary/aromatic N) is 1. The summed E-state index contributed by atoms with van der Waals surface area (Å²) in [5.41, 5.74) is -3.36. The van der Waals surface area contributed by atoms with Crippen LogP contribution in [-0.4, -0.2) is 36.2 Å². The van der Waals surface area contributed by atoms with E-state index in [0.717, 1.165) is 25.7 Å². The van der Waals surface area contributed by atoms with Gasteiger partial charge in [0.2, 0.25) is 5.91 Å². The van der Waals surface area contributed by atoms with E-state index in [4.69, 9.17) is 0 Å². The second-order valence-electron chi connectivity index (χ2n) is 8.68. The number of rotatable bonds is 5. The zero-order chi connectivity index (χ0) is 25.2. The molecule has 6 nitrogen and oxygen atoms in total. The molecule has 3 atom stereocenters. The van der Waals surface area contributed by atoms with Crippen LogP contribution in [0, 0.1) is 18.7 Å². The maximum atomic E-state index is 13.5.